The molecule has 0 radical (unpaired) electrons. The lowest BCUT2D eigenvalue weighted by Gasteiger charge is -2.05. The van der Waals surface area contributed by atoms with Crippen LogP contribution < -0.4 is 4.74 Å². The van der Waals surface area contributed by atoms with Crippen molar-refractivity contribution in [1.82, 2.24) is 4.98 Å². The van der Waals surface area contributed by atoms with Crippen molar-refractivity contribution in [3.63, 3.8) is 0 Å². The molecule has 1 heterocycles. The first kappa shape index (κ1) is 9.52. The van der Waals surface area contributed by atoms with Gasteiger partial charge in [-0.15, -0.1) is 0 Å². The van der Waals surface area contributed by atoms with Crippen molar-refractivity contribution in [3.05, 3.63) is 53.9 Å². The average Bonchev–Trinajstić information content (AvgIpc) is 2.81. The minimum Gasteiger partial charge on any atom is -0.496 e. The Labute approximate surface area is 87.7 Å². The number of aromatic amines is 1. The van der Waals surface area contributed by atoms with Crippen LogP contribution in [0.5, 0.6) is 5.75 Å². The van der Waals surface area contributed by atoms with Crippen molar-refractivity contribution in [3.8, 4) is 5.75 Å². The van der Waals surface area contributed by atoms with Gasteiger partial charge in [0, 0.05) is 6.20 Å². The van der Waals surface area contributed by atoms with E-state index in [0.29, 0.717) is 17.0 Å². The van der Waals surface area contributed by atoms with Crippen molar-refractivity contribution in [2.24, 2.45) is 0 Å². The van der Waals surface area contributed by atoms with Crippen molar-refractivity contribution in [2.45, 2.75) is 0 Å². The van der Waals surface area contributed by atoms with Gasteiger partial charge in [0.15, 0.2) is 0 Å². The molecule has 0 aliphatic heterocycles. The molecule has 15 heavy (non-hydrogen) atoms. The Morgan fingerprint density at radius 1 is 1.20 bits per heavy atom. The number of aromatic nitrogens is 1. The summed E-state index contributed by atoms with van der Waals surface area (Å²) < 4.78 is 5.13. The molecular formula is C12H11NO2. The molecule has 0 aliphatic carbocycles. The molecule has 3 nitrogen and oxygen atoms in total. The van der Waals surface area contributed by atoms with Gasteiger partial charge in [-0.3, -0.25) is 4.79 Å². The van der Waals surface area contributed by atoms with E-state index in [9.17, 15) is 4.79 Å². The molecule has 0 bridgehead atoms. The number of methoxy groups -OCH3 is 1. The summed E-state index contributed by atoms with van der Waals surface area (Å²) in [6.45, 7) is 0. The van der Waals surface area contributed by atoms with Crippen molar-refractivity contribution < 1.29 is 9.53 Å². The lowest BCUT2D eigenvalue weighted by molar-refractivity contribution is 0.103. The Balaban J connectivity index is 2.42. The van der Waals surface area contributed by atoms with Crippen LogP contribution in [0.2, 0.25) is 0 Å². The van der Waals surface area contributed by atoms with E-state index >= 15 is 0 Å². The zero-order chi connectivity index (χ0) is 10.7. The lowest BCUT2D eigenvalue weighted by atomic mass is 10.1. The van der Waals surface area contributed by atoms with Gasteiger partial charge in [-0.25, -0.2) is 0 Å². The summed E-state index contributed by atoms with van der Waals surface area (Å²) in [6, 6.07) is 10.7. The van der Waals surface area contributed by atoms with Crippen LogP contribution in [0, 0.1) is 0 Å². The minimum absolute atomic E-state index is 0.0579. The third-order valence-corrected chi connectivity index (χ3v) is 2.19. The second-order valence-corrected chi connectivity index (χ2v) is 3.11. The van der Waals surface area contributed by atoms with Crippen LogP contribution in [0.15, 0.2) is 42.6 Å². The summed E-state index contributed by atoms with van der Waals surface area (Å²) >= 11 is 0. The highest BCUT2D eigenvalue weighted by Gasteiger charge is 2.13. The van der Waals surface area contributed by atoms with Gasteiger partial charge in [0.2, 0.25) is 5.78 Å². The Bertz CT molecular complexity index is 460. The van der Waals surface area contributed by atoms with Crippen LogP contribution in [0.4, 0.5) is 0 Å². The molecule has 1 N–H and O–H groups in total. The van der Waals surface area contributed by atoms with Crippen LogP contribution in [-0.2, 0) is 0 Å². The summed E-state index contributed by atoms with van der Waals surface area (Å²) in [5.74, 6) is 0.537. The van der Waals surface area contributed by atoms with Gasteiger partial charge in [-0.1, -0.05) is 12.1 Å². The number of ketones is 1. The number of carbonyl (C=O) groups is 1. The van der Waals surface area contributed by atoms with Crippen LogP contribution >= 0.6 is 0 Å². The molecule has 2 aromatic rings. The topological polar surface area (TPSA) is 42.1 Å². The molecule has 0 amide bonds. The first-order chi connectivity index (χ1) is 7.33. The number of hydrogen-bond acceptors (Lipinski definition) is 2. The molecule has 0 saturated carbocycles. The third kappa shape index (κ3) is 1.76. The predicted octanol–water partition coefficient (Wildman–Crippen LogP) is 2.25. The van der Waals surface area contributed by atoms with E-state index in [1.54, 1.807) is 37.6 Å². The zero-order valence-corrected chi connectivity index (χ0v) is 8.36. The number of para-hydroxylation sites is 1. The number of hydrogen-bond donors (Lipinski definition) is 1. The fourth-order valence-electron chi connectivity index (χ4n) is 1.45. The summed E-state index contributed by atoms with van der Waals surface area (Å²) in [4.78, 5) is 14.9. The van der Waals surface area contributed by atoms with Crippen molar-refractivity contribution in [2.75, 3.05) is 7.11 Å². The smallest absolute Gasteiger partial charge is 0.212 e. The van der Waals surface area contributed by atoms with Crippen molar-refractivity contribution >= 4 is 5.78 Å². The standard InChI is InChI=1S/C12H11NO2/c1-15-11-7-3-2-5-9(11)12(14)10-6-4-8-13-10/h2-8,13H,1H3. The van der Waals surface area contributed by atoms with E-state index < -0.39 is 0 Å². The molecule has 1 aromatic carbocycles. The molecule has 0 spiro atoms. The fourth-order valence-corrected chi connectivity index (χ4v) is 1.45. The maximum absolute atomic E-state index is 12.0. The second-order valence-electron chi connectivity index (χ2n) is 3.11. The lowest BCUT2D eigenvalue weighted by Crippen LogP contribution is -2.03. The van der Waals surface area contributed by atoms with Crippen LogP contribution in [-0.4, -0.2) is 17.9 Å². The molecule has 76 valence electrons. The van der Waals surface area contributed by atoms with Gasteiger partial charge < -0.3 is 9.72 Å². The summed E-state index contributed by atoms with van der Waals surface area (Å²) in [5.41, 5.74) is 1.14. The van der Waals surface area contributed by atoms with Crippen molar-refractivity contribution in [1.29, 1.82) is 0 Å². The Kier molecular flexibility index (Phi) is 2.54. The zero-order valence-electron chi connectivity index (χ0n) is 8.36. The van der Waals surface area contributed by atoms with Gasteiger partial charge in [0.05, 0.1) is 18.4 Å². The highest BCUT2D eigenvalue weighted by Crippen LogP contribution is 2.20. The number of benzene rings is 1. The molecule has 0 atom stereocenters. The normalized spacial score (nSPS) is 9.93. The SMILES string of the molecule is COc1ccccc1C(=O)c1ccc[nH]1. The van der Waals surface area contributed by atoms with Crippen LogP contribution in [0.3, 0.4) is 0 Å². The van der Waals surface area contributed by atoms with E-state index in [1.165, 1.54) is 0 Å². The quantitative estimate of drug-likeness (QED) is 0.774. The number of nitrogens with one attached hydrogen (secondary N) is 1. The maximum Gasteiger partial charge on any atom is 0.212 e. The number of carbonyl (C=O) groups excluding carboxylic acids is 1. The van der Waals surface area contributed by atoms with E-state index in [2.05, 4.69) is 4.98 Å². The first-order valence-corrected chi connectivity index (χ1v) is 4.64. The van der Waals surface area contributed by atoms with E-state index in [1.807, 2.05) is 12.1 Å². The van der Waals surface area contributed by atoms with Crippen LogP contribution in [0.25, 0.3) is 0 Å². The highest BCUT2D eigenvalue weighted by molar-refractivity contribution is 6.09. The minimum atomic E-state index is -0.0579. The molecule has 0 aliphatic rings. The van der Waals surface area contributed by atoms with Gasteiger partial charge in [0.25, 0.3) is 0 Å². The first-order valence-electron chi connectivity index (χ1n) is 4.64. The van der Waals surface area contributed by atoms with Gasteiger partial charge in [-0.2, -0.15) is 0 Å². The van der Waals surface area contributed by atoms with E-state index in [-0.39, 0.29) is 5.78 Å². The third-order valence-electron chi connectivity index (χ3n) is 2.19. The highest BCUT2D eigenvalue weighted by atomic mass is 16.5. The molecule has 0 saturated heterocycles. The number of ether oxygens (including phenoxy) is 1. The molecule has 0 fully saturated rings. The van der Waals surface area contributed by atoms with Gasteiger partial charge >= 0.3 is 0 Å². The maximum atomic E-state index is 12.0. The van der Waals surface area contributed by atoms with E-state index in [4.69, 9.17) is 4.74 Å². The summed E-state index contributed by atoms with van der Waals surface area (Å²) in [6.07, 6.45) is 1.72. The predicted molar refractivity (Wildman–Crippen MR) is 57.2 cm³/mol. The monoisotopic (exact) mass is 201 g/mol. The molecular weight excluding hydrogens is 190 g/mol. The van der Waals surface area contributed by atoms with Gasteiger partial charge in [0.1, 0.15) is 5.75 Å². The second kappa shape index (κ2) is 4.00. The Hall–Kier alpha value is -2.03. The average molecular weight is 201 g/mol. The molecule has 1 aromatic heterocycles. The number of rotatable bonds is 3. The van der Waals surface area contributed by atoms with Gasteiger partial charge in [-0.05, 0) is 24.3 Å². The Morgan fingerprint density at radius 2 is 2.00 bits per heavy atom. The van der Waals surface area contributed by atoms with E-state index in [0.717, 1.165) is 0 Å². The fraction of sp³-hybridized carbons (Fsp3) is 0.0833. The molecule has 2 rings (SSSR count). The Morgan fingerprint density at radius 3 is 2.67 bits per heavy atom. The summed E-state index contributed by atoms with van der Waals surface area (Å²) in [5, 5.41) is 0. The number of H-pyrrole nitrogens is 1. The van der Waals surface area contributed by atoms with Crippen LogP contribution in [0.1, 0.15) is 16.1 Å². The molecule has 0 unspecified atom stereocenters. The summed E-state index contributed by atoms with van der Waals surface area (Å²) in [7, 11) is 1.56. The largest absolute Gasteiger partial charge is 0.496 e. The molecule has 3 heteroatoms.